The van der Waals surface area contributed by atoms with Gasteiger partial charge >= 0.3 is 0 Å². The Bertz CT molecular complexity index is 719. The van der Waals surface area contributed by atoms with Crippen LogP contribution in [0.15, 0.2) is 59.6 Å². The normalized spacial score (nSPS) is 12.0. The molecule has 106 valence electrons. The second kappa shape index (κ2) is 5.93. The van der Waals surface area contributed by atoms with Gasteiger partial charge in [-0.15, -0.1) is 0 Å². The minimum Gasteiger partial charge on any atom is -0.338 e. The number of rotatable bonds is 4. The lowest BCUT2D eigenvalue weighted by molar-refractivity contribution is 0.0941. The van der Waals surface area contributed by atoms with E-state index in [-0.39, 0.29) is 11.9 Å². The van der Waals surface area contributed by atoms with Gasteiger partial charge in [0, 0.05) is 24.8 Å². The first-order valence-corrected chi connectivity index (χ1v) is 7.55. The summed E-state index contributed by atoms with van der Waals surface area (Å²) in [7, 11) is 1.93. The van der Waals surface area contributed by atoms with Crippen molar-refractivity contribution in [1.82, 2.24) is 14.9 Å². The van der Waals surface area contributed by atoms with Crippen molar-refractivity contribution in [1.29, 1.82) is 0 Å². The van der Waals surface area contributed by atoms with Gasteiger partial charge in [-0.3, -0.25) is 4.79 Å². The van der Waals surface area contributed by atoms with Crippen molar-refractivity contribution in [3.8, 4) is 0 Å². The van der Waals surface area contributed by atoms with Crippen LogP contribution >= 0.6 is 11.3 Å². The van der Waals surface area contributed by atoms with Crippen LogP contribution in [0.2, 0.25) is 0 Å². The van der Waals surface area contributed by atoms with Crippen molar-refractivity contribution in [2.75, 3.05) is 0 Å². The van der Waals surface area contributed by atoms with Crippen LogP contribution in [0.1, 0.15) is 27.8 Å². The molecule has 0 aliphatic rings. The second-order valence-corrected chi connectivity index (χ2v) is 5.51. The maximum atomic E-state index is 12.4. The Kier molecular flexibility index (Phi) is 3.83. The van der Waals surface area contributed by atoms with Crippen LogP contribution in [0.4, 0.5) is 0 Å². The van der Waals surface area contributed by atoms with E-state index in [9.17, 15) is 4.79 Å². The molecule has 0 saturated carbocycles. The highest BCUT2D eigenvalue weighted by atomic mass is 32.1. The Morgan fingerprint density at radius 3 is 2.71 bits per heavy atom. The number of aromatic nitrogens is 2. The number of benzene rings is 1. The fraction of sp³-hybridized carbons (Fsp3) is 0.125. The van der Waals surface area contributed by atoms with Crippen molar-refractivity contribution >= 4 is 17.2 Å². The minimum absolute atomic E-state index is 0.0897. The van der Waals surface area contributed by atoms with Gasteiger partial charge in [0.05, 0.1) is 5.56 Å². The molecule has 0 spiro atoms. The average Bonchev–Trinajstić information content (AvgIpc) is 3.17. The lowest BCUT2D eigenvalue weighted by Gasteiger charge is -2.18. The first-order chi connectivity index (χ1) is 10.3. The van der Waals surface area contributed by atoms with E-state index in [1.54, 1.807) is 6.20 Å². The Labute approximate surface area is 127 Å². The summed E-state index contributed by atoms with van der Waals surface area (Å²) in [6.07, 6.45) is 3.62. The number of amides is 1. The quantitative estimate of drug-likeness (QED) is 0.804. The van der Waals surface area contributed by atoms with Crippen LogP contribution in [0.3, 0.4) is 0 Å². The fourth-order valence-corrected chi connectivity index (χ4v) is 2.84. The van der Waals surface area contributed by atoms with Crippen molar-refractivity contribution in [3.05, 3.63) is 76.5 Å². The third-order valence-electron chi connectivity index (χ3n) is 3.31. The van der Waals surface area contributed by atoms with Gasteiger partial charge < -0.3 is 9.88 Å². The Balaban J connectivity index is 1.94. The van der Waals surface area contributed by atoms with Crippen LogP contribution in [0.5, 0.6) is 0 Å². The fourth-order valence-electron chi connectivity index (χ4n) is 2.21. The van der Waals surface area contributed by atoms with E-state index in [1.165, 1.54) is 11.3 Å². The number of nitrogens with one attached hydrogen (secondary N) is 1. The molecular weight excluding hydrogens is 282 g/mol. The van der Waals surface area contributed by atoms with E-state index in [4.69, 9.17) is 0 Å². The molecule has 0 saturated heterocycles. The number of carbonyl (C=O) groups excluding carboxylic acids is 1. The maximum Gasteiger partial charge on any atom is 0.252 e. The summed E-state index contributed by atoms with van der Waals surface area (Å²) < 4.78 is 1.92. The molecule has 1 amide bonds. The molecule has 0 unspecified atom stereocenters. The summed E-state index contributed by atoms with van der Waals surface area (Å²) in [5.41, 5.74) is 1.69. The summed E-state index contributed by atoms with van der Waals surface area (Å²) in [6.45, 7) is 0. The zero-order valence-corrected chi connectivity index (χ0v) is 12.4. The van der Waals surface area contributed by atoms with Gasteiger partial charge in [-0.2, -0.15) is 11.3 Å². The average molecular weight is 297 g/mol. The lowest BCUT2D eigenvalue weighted by atomic mass is 10.1. The monoisotopic (exact) mass is 297 g/mol. The number of imidazole rings is 1. The SMILES string of the molecule is Cn1ccnc1[C@H](NC(=O)c1ccsc1)c1ccccc1. The predicted octanol–water partition coefficient (Wildman–Crippen LogP) is 3.00. The highest BCUT2D eigenvalue weighted by Crippen LogP contribution is 2.21. The van der Waals surface area contributed by atoms with Crippen molar-refractivity contribution in [2.45, 2.75) is 6.04 Å². The van der Waals surface area contributed by atoms with Gasteiger partial charge in [0.25, 0.3) is 5.91 Å². The Morgan fingerprint density at radius 2 is 2.10 bits per heavy atom. The summed E-state index contributed by atoms with van der Waals surface area (Å²) in [4.78, 5) is 16.7. The van der Waals surface area contributed by atoms with Gasteiger partial charge in [-0.1, -0.05) is 30.3 Å². The van der Waals surface area contributed by atoms with Crippen LogP contribution in [0.25, 0.3) is 0 Å². The van der Waals surface area contributed by atoms with E-state index in [0.717, 1.165) is 11.4 Å². The molecule has 1 N–H and O–H groups in total. The molecule has 1 aromatic carbocycles. The molecule has 5 heteroatoms. The third kappa shape index (κ3) is 2.87. The zero-order chi connectivity index (χ0) is 14.7. The topological polar surface area (TPSA) is 46.9 Å². The number of carbonyl (C=O) groups is 1. The highest BCUT2D eigenvalue weighted by molar-refractivity contribution is 7.08. The van der Waals surface area contributed by atoms with Gasteiger partial charge in [-0.05, 0) is 17.0 Å². The van der Waals surface area contributed by atoms with Gasteiger partial charge in [0.1, 0.15) is 11.9 Å². The molecule has 21 heavy (non-hydrogen) atoms. The molecule has 0 bridgehead atoms. The molecule has 0 aliphatic carbocycles. The molecule has 2 aromatic heterocycles. The van der Waals surface area contributed by atoms with Crippen molar-refractivity contribution in [2.24, 2.45) is 7.05 Å². The molecule has 0 radical (unpaired) electrons. The largest absolute Gasteiger partial charge is 0.338 e. The molecule has 0 aliphatic heterocycles. The van der Waals surface area contributed by atoms with Gasteiger partial charge in [0.2, 0.25) is 0 Å². The molecule has 3 rings (SSSR count). The van der Waals surface area contributed by atoms with E-state index in [1.807, 2.05) is 65.0 Å². The minimum atomic E-state index is -0.265. The smallest absolute Gasteiger partial charge is 0.252 e. The summed E-state index contributed by atoms with van der Waals surface area (Å²) in [6, 6.07) is 11.4. The Morgan fingerprint density at radius 1 is 1.29 bits per heavy atom. The Hall–Kier alpha value is -2.40. The second-order valence-electron chi connectivity index (χ2n) is 4.73. The number of aryl methyl sites for hydroxylation is 1. The maximum absolute atomic E-state index is 12.4. The molecule has 3 aromatic rings. The number of hydrogen-bond donors (Lipinski definition) is 1. The van der Waals surface area contributed by atoms with E-state index in [2.05, 4.69) is 10.3 Å². The van der Waals surface area contributed by atoms with Crippen LogP contribution in [-0.2, 0) is 7.05 Å². The highest BCUT2D eigenvalue weighted by Gasteiger charge is 2.21. The van der Waals surface area contributed by atoms with Crippen molar-refractivity contribution < 1.29 is 4.79 Å². The van der Waals surface area contributed by atoms with Crippen LogP contribution in [0, 0.1) is 0 Å². The van der Waals surface area contributed by atoms with Crippen molar-refractivity contribution in [3.63, 3.8) is 0 Å². The first-order valence-electron chi connectivity index (χ1n) is 6.61. The third-order valence-corrected chi connectivity index (χ3v) is 3.99. The van der Waals surface area contributed by atoms with E-state index < -0.39 is 0 Å². The molecular formula is C16H15N3OS. The predicted molar refractivity (Wildman–Crippen MR) is 83.3 cm³/mol. The van der Waals surface area contributed by atoms with E-state index in [0.29, 0.717) is 5.56 Å². The molecule has 1 atom stereocenters. The first kappa shape index (κ1) is 13.6. The molecule has 2 heterocycles. The standard InChI is InChI=1S/C16H15N3OS/c1-19-9-8-17-15(19)14(12-5-3-2-4-6-12)18-16(20)13-7-10-21-11-13/h2-11,14H,1H3,(H,18,20)/t14-/m1/s1. The van der Waals surface area contributed by atoms with E-state index >= 15 is 0 Å². The number of nitrogens with zero attached hydrogens (tertiary/aromatic N) is 2. The van der Waals surface area contributed by atoms with Gasteiger partial charge in [-0.25, -0.2) is 4.98 Å². The lowest BCUT2D eigenvalue weighted by Crippen LogP contribution is -2.30. The van der Waals surface area contributed by atoms with Gasteiger partial charge in [0.15, 0.2) is 0 Å². The summed E-state index contributed by atoms with van der Waals surface area (Å²) >= 11 is 1.51. The number of thiophene rings is 1. The van der Waals surface area contributed by atoms with Crippen LogP contribution < -0.4 is 5.32 Å². The summed E-state index contributed by atoms with van der Waals surface area (Å²) in [5, 5.41) is 6.80. The van der Waals surface area contributed by atoms with Crippen LogP contribution in [-0.4, -0.2) is 15.5 Å². The zero-order valence-electron chi connectivity index (χ0n) is 11.6. The number of hydrogen-bond acceptors (Lipinski definition) is 3. The summed E-state index contributed by atoms with van der Waals surface area (Å²) in [5.74, 6) is 0.720. The molecule has 4 nitrogen and oxygen atoms in total. The molecule has 0 fully saturated rings.